The third-order valence-electron chi connectivity index (χ3n) is 3.94. The van der Waals surface area contributed by atoms with Crippen LogP contribution in [0.25, 0.3) is 0 Å². The molecular weight excluding hydrogens is 302 g/mol. The highest BCUT2D eigenvalue weighted by atomic mass is 32.2. The van der Waals surface area contributed by atoms with Crippen LogP contribution in [0.1, 0.15) is 44.0 Å². The van der Waals surface area contributed by atoms with Crippen molar-refractivity contribution >= 4 is 15.7 Å². The molecule has 1 aromatic carbocycles. The Morgan fingerprint density at radius 1 is 1.27 bits per heavy atom. The summed E-state index contributed by atoms with van der Waals surface area (Å²) in [7, 11) is -3.50. The summed E-state index contributed by atoms with van der Waals surface area (Å²) in [5, 5.41) is 2.29. The van der Waals surface area contributed by atoms with Gasteiger partial charge in [-0.1, -0.05) is 12.1 Å². The maximum atomic E-state index is 12.5. The number of hydrogen-bond donors (Lipinski definition) is 1. The van der Waals surface area contributed by atoms with Gasteiger partial charge in [-0.25, -0.2) is 8.42 Å². The van der Waals surface area contributed by atoms with Gasteiger partial charge in [0.25, 0.3) is 5.91 Å². The van der Waals surface area contributed by atoms with Crippen molar-refractivity contribution in [2.45, 2.75) is 55.9 Å². The lowest BCUT2D eigenvalue weighted by Crippen LogP contribution is -2.41. The zero-order valence-electron chi connectivity index (χ0n) is 13.2. The molecule has 1 fully saturated rings. The van der Waals surface area contributed by atoms with Crippen molar-refractivity contribution in [2.24, 2.45) is 0 Å². The van der Waals surface area contributed by atoms with E-state index in [1.54, 1.807) is 32.0 Å². The normalized spacial score (nSPS) is 20.1. The topological polar surface area (TPSA) is 72.5 Å². The van der Waals surface area contributed by atoms with E-state index in [0.29, 0.717) is 6.61 Å². The predicted molar refractivity (Wildman–Crippen MR) is 84.7 cm³/mol. The zero-order chi connectivity index (χ0) is 16.3. The molecule has 1 N–H and O–H groups in total. The van der Waals surface area contributed by atoms with Gasteiger partial charge >= 0.3 is 0 Å². The van der Waals surface area contributed by atoms with Gasteiger partial charge in [0.1, 0.15) is 0 Å². The summed E-state index contributed by atoms with van der Waals surface area (Å²) in [6.07, 6.45) is 1.90. The number of benzene rings is 1. The Morgan fingerprint density at radius 2 is 1.95 bits per heavy atom. The second-order valence-corrected chi connectivity index (χ2v) is 8.38. The first-order valence-corrected chi connectivity index (χ1v) is 9.14. The van der Waals surface area contributed by atoms with Crippen molar-refractivity contribution in [1.29, 1.82) is 0 Å². The van der Waals surface area contributed by atoms with Gasteiger partial charge in [0, 0.05) is 6.61 Å². The second kappa shape index (κ2) is 6.79. The first-order valence-electron chi connectivity index (χ1n) is 7.59. The predicted octanol–water partition coefficient (Wildman–Crippen LogP) is 2.17. The lowest BCUT2D eigenvalue weighted by Gasteiger charge is -2.21. The van der Waals surface area contributed by atoms with E-state index in [0.717, 1.165) is 12.8 Å². The molecule has 1 heterocycles. The number of ether oxygens (including phenoxy) is 1. The highest BCUT2D eigenvalue weighted by Gasteiger charge is 2.28. The molecule has 0 aliphatic carbocycles. The summed E-state index contributed by atoms with van der Waals surface area (Å²) >= 11 is 0. The van der Waals surface area contributed by atoms with E-state index in [1.807, 2.05) is 6.92 Å². The number of carbonyl (C=O) groups excluding carboxylic acids is 1. The third kappa shape index (κ3) is 3.50. The third-order valence-corrected chi connectivity index (χ3v) is 6.15. The van der Waals surface area contributed by atoms with E-state index < -0.39 is 15.1 Å². The molecule has 2 atom stereocenters. The summed E-state index contributed by atoms with van der Waals surface area (Å²) in [6.45, 7) is 5.81. The number of nitrogens with one attached hydrogen (secondary N) is 1. The Bertz CT molecular complexity index is 633. The van der Waals surface area contributed by atoms with Crippen LogP contribution >= 0.6 is 0 Å². The maximum absolute atomic E-state index is 12.5. The van der Waals surface area contributed by atoms with Crippen LogP contribution in [0, 0.1) is 0 Å². The maximum Gasteiger partial charge on any atom is 0.252 e. The van der Waals surface area contributed by atoms with Gasteiger partial charge in [0.05, 0.1) is 27.9 Å². The van der Waals surface area contributed by atoms with Crippen molar-refractivity contribution in [3.05, 3.63) is 29.8 Å². The molecule has 1 aliphatic rings. The fourth-order valence-corrected chi connectivity index (χ4v) is 3.77. The number of sulfone groups is 1. The minimum absolute atomic E-state index is 0.00202. The first kappa shape index (κ1) is 17.0. The largest absolute Gasteiger partial charge is 0.376 e. The van der Waals surface area contributed by atoms with Crippen LogP contribution in [-0.2, 0) is 14.6 Å². The molecule has 122 valence electrons. The van der Waals surface area contributed by atoms with Gasteiger partial charge in [-0.05, 0) is 45.7 Å². The molecule has 1 saturated heterocycles. The van der Waals surface area contributed by atoms with E-state index in [4.69, 9.17) is 4.74 Å². The van der Waals surface area contributed by atoms with Crippen LogP contribution in [0.2, 0.25) is 0 Å². The van der Waals surface area contributed by atoms with E-state index >= 15 is 0 Å². The Kier molecular flexibility index (Phi) is 5.24. The quantitative estimate of drug-likeness (QED) is 0.900. The second-order valence-electron chi connectivity index (χ2n) is 5.90. The Balaban J connectivity index is 2.23. The lowest BCUT2D eigenvalue weighted by atomic mass is 10.1. The van der Waals surface area contributed by atoms with Crippen molar-refractivity contribution in [2.75, 3.05) is 6.61 Å². The molecule has 2 rings (SSSR count). The van der Waals surface area contributed by atoms with Crippen LogP contribution in [0.5, 0.6) is 0 Å². The summed E-state index contributed by atoms with van der Waals surface area (Å²) < 4.78 is 30.3. The minimum Gasteiger partial charge on any atom is -0.376 e. The fourth-order valence-electron chi connectivity index (χ4n) is 2.53. The van der Waals surface area contributed by atoms with Gasteiger partial charge in [-0.2, -0.15) is 0 Å². The Labute approximate surface area is 132 Å². The molecule has 0 bridgehead atoms. The molecule has 0 spiro atoms. The molecule has 1 amide bonds. The number of hydrogen-bond acceptors (Lipinski definition) is 4. The van der Waals surface area contributed by atoms with Gasteiger partial charge in [0.2, 0.25) is 0 Å². The van der Waals surface area contributed by atoms with Gasteiger partial charge in [-0.15, -0.1) is 0 Å². The molecular formula is C16H23NO4S. The zero-order valence-corrected chi connectivity index (χ0v) is 14.0. The summed E-state index contributed by atoms with van der Waals surface area (Å²) in [6, 6.07) is 6.19. The molecule has 1 aliphatic heterocycles. The molecule has 1 aromatic rings. The van der Waals surface area contributed by atoms with Crippen LogP contribution in [0.4, 0.5) is 0 Å². The lowest BCUT2D eigenvalue weighted by molar-refractivity contribution is 0.0710. The fraction of sp³-hybridized carbons (Fsp3) is 0.562. The van der Waals surface area contributed by atoms with Crippen molar-refractivity contribution in [3.63, 3.8) is 0 Å². The Hall–Kier alpha value is -1.40. The van der Waals surface area contributed by atoms with E-state index in [-0.39, 0.29) is 28.5 Å². The summed E-state index contributed by atoms with van der Waals surface area (Å²) in [4.78, 5) is 12.6. The molecule has 6 heteroatoms. The van der Waals surface area contributed by atoms with E-state index in [2.05, 4.69) is 5.32 Å². The van der Waals surface area contributed by atoms with E-state index in [9.17, 15) is 13.2 Å². The van der Waals surface area contributed by atoms with Crippen LogP contribution < -0.4 is 5.32 Å². The average Bonchev–Trinajstić information content (AvgIpc) is 3.01. The van der Waals surface area contributed by atoms with Crippen LogP contribution in [0.15, 0.2) is 29.2 Å². The number of carbonyl (C=O) groups is 1. The number of rotatable bonds is 5. The molecule has 0 radical (unpaired) electrons. The van der Waals surface area contributed by atoms with Crippen molar-refractivity contribution in [3.8, 4) is 0 Å². The highest BCUT2D eigenvalue weighted by Crippen LogP contribution is 2.21. The van der Waals surface area contributed by atoms with Gasteiger partial charge < -0.3 is 10.1 Å². The molecule has 0 aromatic heterocycles. The first-order chi connectivity index (χ1) is 10.3. The SMILES string of the molecule is CC(C)S(=O)(=O)c1ccccc1C(=O)N[C@@H](C)[C@@H]1CCCO1. The molecule has 0 unspecified atom stereocenters. The van der Waals surface area contributed by atoms with E-state index in [1.165, 1.54) is 6.07 Å². The van der Waals surface area contributed by atoms with Crippen LogP contribution in [0.3, 0.4) is 0 Å². The van der Waals surface area contributed by atoms with Crippen molar-refractivity contribution < 1.29 is 17.9 Å². The highest BCUT2D eigenvalue weighted by molar-refractivity contribution is 7.92. The Morgan fingerprint density at radius 3 is 2.55 bits per heavy atom. The average molecular weight is 325 g/mol. The summed E-state index contributed by atoms with van der Waals surface area (Å²) in [5.74, 6) is -0.372. The summed E-state index contributed by atoms with van der Waals surface area (Å²) in [5.41, 5.74) is 0.195. The smallest absolute Gasteiger partial charge is 0.252 e. The standard InChI is InChI=1S/C16H23NO4S/c1-11(2)22(19,20)15-9-5-4-7-13(15)16(18)17-12(3)14-8-6-10-21-14/h4-5,7,9,11-12,14H,6,8,10H2,1-3H3,(H,17,18)/t12-,14-/m0/s1. The van der Waals surface area contributed by atoms with Gasteiger partial charge in [0.15, 0.2) is 9.84 Å². The number of amides is 1. The van der Waals surface area contributed by atoms with Gasteiger partial charge in [-0.3, -0.25) is 4.79 Å². The monoisotopic (exact) mass is 325 g/mol. The minimum atomic E-state index is -3.50. The van der Waals surface area contributed by atoms with Crippen LogP contribution in [-0.4, -0.2) is 38.3 Å². The molecule has 5 nitrogen and oxygen atoms in total. The van der Waals surface area contributed by atoms with Crippen molar-refractivity contribution in [1.82, 2.24) is 5.32 Å². The molecule has 0 saturated carbocycles. The molecule has 22 heavy (non-hydrogen) atoms.